The molecule has 0 aliphatic carbocycles. The molecule has 3 rings (SSSR count). The number of likely N-dealkylation sites (N-methyl/N-ethyl adjacent to an activating group) is 2. The van der Waals surface area contributed by atoms with Gasteiger partial charge in [-0.1, -0.05) is 0 Å². The Morgan fingerprint density at radius 3 is 2.61 bits per heavy atom. The molecule has 0 atom stereocenters. The maximum atomic E-state index is 12.3. The van der Waals surface area contributed by atoms with E-state index in [0.29, 0.717) is 17.0 Å². The summed E-state index contributed by atoms with van der Waals surface area (Å²) < 4.78 is 0. The molecule has 1 aliphatic heterocycles. The second-order valence-corrected chi connectivity index (χ2v) is 7.36. The van der Waals surface area contributed by atoms with Crippen molar-refractivity contribution in [3.05, 3.63) is 52.4 Å². The standard InChI is InChI=1S/C20H27N7O/c1-13-16(12-27(5)9-8-26(3)4)14(2)23-17(13)10-15-19(24-25-20(15)28)18-11-21-6-7-22-18/h6-7,10-11,23H,8-9,12H2,1-5H3,(H,25,28). The SMILES string of the molecule is Cc1[nH]c(C=C2C(=O)NN=C2c2cnccn2)c(C)c1CN(C)CCN(C)C. The van der Waals surface area contributed by atoms with Crippen LogP contribution in [0.3, 0.4) is 0 Å². The van der Waals surface area contributed by atoms with E-state index in [0.717, 1.165) is 36.6 Å². The summed E-state index contributed by atoms with van der Waals surface area (Å²) in [4.78, 5) is 28.5. The zero-order valence-corrected chi connectivity index (χ0v) is 17.1. The molecule has 0 saturated carbocycles. The third kappa shape index (κ3) is 4.35. The highest BCUT2D eigenvalue weighted by molar-refractivity contribution is 6.32. The number of nitrogens with one attached hydrogen (secondary N) is 2. The maximum absolute atomic E-state index is 12.3. The van der Waals surface area contributed by atoms with Gasteiger partial charge in [0.2, 0.25) is 0 Å². The number of nitrogens with zero attached hydrogens (tertiary/aromatic N) is 5. The van der Waals surface area contributed by atoms with Gasteiger partial charge in [0.1, 0.15) is 11.4 Å². The average Bonchev–Trinajstić information content (AvgIpc) is 3.16. The topological polar surface area (TPSA) is 89.5 Å². The lowest BCUT2D eigenvalue weighted by atomic mass is 10.0. The average molecular weight is 381 g/mol. The van der Waals surface area contributed by atoms with Crippen LogP contribution in [-0.4, -0.2) is 70.6 Å². The van der Waals surface area contributed by atoms with Crippen LogP contribution in [0.5, 0.6) is 0 Å². The highest BCUT2D eigenvalue weighted by Gasteiger charge is 2.26. The predicted octanol–water partition coefficient (Wildman–Crippen LogP) is 1.33. The Morgan fingerprint density at radius 1 is 1.14 bits per heavy atom. The van der Waals surface area contributed by atoms with Gasteiger partial charge >= 0.3 is 0 Å². The number of H-pyrrole nitrogens is 1. The lowest BCUT2D eigenvalue weighted by molar-refractivity contribution is -0.116. The van der Waals surface area contributed by atoms with Gasteiger partial charge in [-0.2, -0.15) is 5.10 Å². The molecule has 3 heterocycles. The molecule has 148 valence electrons. The number of carbonyl (C=O) groups is 1. The van der Waals surface area contributed by atoms with Gasteiger partial charge in [-0.25, -0.2) is 5.43 Å². The summed E-state index contributed by atoms with van der Waals surface area (Å²) in [5.74, 6) is -0.239. The van der Waals surface area contributed by atoms with Crippen molar-refractivity contribution in [1.29, 1.82) is 0 Å². The summed E-state index contributed by atoms with van der Waals surface area (Å²) in [6, 6.07) is 0. The Hall–Kier alpha value is -2.84. The van der Waals surface area contributed by atoms with Gasteiger partial charge in [0.25, 0.3) is 5.91 Å². The van der Waals surface area contributed by atoms with Crippen molar-refractivity contribution in [1.82, 2.24) is 30.2 Å². The second kappa shape index (κ2) is 8.45. The van der Waals surface area contributed by atoms with Crippen LogP contribution in [0.2, 0.25) is 0 Å². The number of amides is 1. The number of carbonyl (C=O) groups excluding carboxylic acids is 1. The Bertz CT molecular complexity index is 912. The van der Waals surface area contributed by atoms with Crippen molar-refractivity contribution >= 4 is 17.7 Å². The van der Waals surface area contributed by atoms with Gasteiger partial charge in [-0.05, 0) is 52.2 Å². The highest BCUT2D eigenvalue weighted by Crippen LogP contribution is 2.23. The zero-order valence-electron chi connectivity index (χ0n) is 17.1. The minimum atomic E-state index is -0.239. The minimum Gasteiger partial charge on any atom is -0.359 e. The quantitative estimate of drug-likeness (QED) is 0.707. The van der Waals surface area contributed by atoms with Crippen molar-refractivity contribution in [2.45, 2.75) is 20.4 Å². The van der Waals surface area contributed by atoms with E-state index in [2.05, 4.69) is 70.3 Å². The van der Waals surface area contributed by atoms with Crippen LogP contribution in [0.1, 0.15) is 28.2 Å². The first-order valence-electron chi connectivity index (χ1n) is 9.24. The van der Waals surface area contributed by atoms with Crippen molar-refractivity contribution in [2.75, 3.05) is 34.2 Å². The van der Waals surface area contributed by atoms with E-state index < -0.39 is 0 Å². The van der Waals surface area contributed by atoms with Gasteiger partial charge in [0, 0.05) is 43.4 Å². The number of hydrogen-bond donors (Lipinski definition) is 2. The molecule has 1 aliphatic rings. The normalized spacial score (nSPS) is 15.6. The van der Waals surface area contributed by atoms with Gasteiger partial charge in [0.15, 0.2) is 0 Å². The summed E-state index contributed by atoms with van der Waals surface area (Å²) in [5.41, 5.74) is 8.50. The van der Waals surface area contributed by atoms with E-state index in [9.17, 15) is 4.79 Å². The first-order chi connectivity index (χ1) is 13.4. The van der Waals surface area contributed by atoms with Crippen LogP contribution in [0, 0.1) is 13.8 Å². The van der Waals surface area contributed by atoms with E-state index in [1.807, 2.05) is 6.08 Å². The van der Waals surface area contributed by atoms with Gasteiger partial charge in [-0.15, -0.1) is 0 Å². The van der Waals surface area contributed by atoms with Crippen molar-refractivity contribution in [2.24, 2.45) is 5.10 Å². The molecule has 2 aromatic rings. The summed E-state index contributed by atoms with van der Waals surface area (Å²) in [7, 11) is 6.28. The lowest BCUT2D eigenvalue weighted by Crippen LogP contribution is -2.28. The number of hydrogen-bond acceptors (Lipinski definition) is 6. The number of aromatic nitrogens is 3. The molecule has 2 aromatic heterocycles. The second-order valence-electron chi connectivity index (χ2n) is 7.36. The molecule has 0 unspecified atom stereocenters. The van der Waals surface area contributed by atoms with Crippen LogP contribution in [0.4, 0.5) is 0 Å². The summed E-state index contributed by atoms with van der Waals surface area (Å²) in [5, 5.41) is 4.13. The molecule has 1 amide bonds. The number of rotatable bonds is 7. The molecular formula is C20H27N7O. The molecule has 8 nitrogen and oxygen atoms in total. The van der Waals surface area contributed by atoms with E-state index in [1.54, 1.807) is 18.6 Å². The summed E-state index contributed by atoms with van der Waals surface area (Å²) in [6.45, 7) is 6.99. The van der Waals surface area contributed by atoms with Crippen molar-refractivity contribution in [3.63, 3.8) is 0 Å². The van der Waals surface area contributed by atoms with E-state index in [-0.39, 0.29) is 5.91 Å². The predicted molar refractivity (Wildman–Crippen MR) is 110 cm³/mol. The molecule has 0 spiro atoms. The van der Waals surface area contributed by atoms with Crippen LogP contribution in [-0.2, 0) is 11.3 Å². The Balaban J connectivity index is 1.86. The summed E-state index contributed by atoms with van der Waals surface area (Å²) >= 11 is 0. The first kappa shape index (κ1) is 19.9. The first-order valence-corrected chi connectivity index (χ1v) is 9.24. The minimum absolute atomic E-state index is 0.239. The van der Waals surface area contributed by atoms with E-state index in [1.165, 1.54) is 5.56 Å². The molecule has 8 heteroatoms. The molecule has 0 saturated heterocycles. The number of aromatic amines is 1. The molecular weight excluding hydrogens is 354 g/mol. The molecule has 28 heavy (non-hydrogen) atoms. The molecule has 0 aromatic carbocycles. The summed E-state index contributed by atoms with van der Waals surface area (Å²) in [6.07, 6.45) is 6.63. The fourth-order valence-corrected chi connectivity index (χ4v) is 3.15. The van der Waals surface area contributed by atoms with Gasteiger partial charge in [0.05, 0.1) is 11.8 Å². The van der Waals surface area contributed by atoms with Gasteiger partial charge < -0.3 is 14.8 Å². The van der Waals surface area contributed by atoms with Crippen molar-refractivity contribution < 1.29 is 4.79 Å². The molecule has 2 N–H and O–H groups in total. The largest absolute Gasteiger partial charge is 0.359 e. The monoisotopic (exact) mass is 381 g/mol. The van der Waals surface area contributed by atoms with E-state index in [4.69, 9.17) is 0 Å². The molecule has 0 bridgehead atoms. The van der Waals surface area contributed by atoms with Crippen LogP contribution in [0.25, 0.3) is 6.08 Å². The Morgan fingerprint density at radius 2 is 1.93 bits per heavy atom. The van der Waals surface area contributed by atoms with Crippen LogP contribution >= 0.6 is 0 Å². The third-order valence-corrected chi connectivity index (χ3v) is 4.85. The lowest BCUT2D eigenvalue weighted by Gasteiger charge is -2.19. The molecule has 0 fully saturated rings. The fraction of sp³-hybridized carbons (Fsp3) is 0.400. The van der Waals surface area contributed by atoms with Crippen LogP contribution in [0.15, 0.2) is 29.3 Å². The smallest absolute Gasteiger partial charge is 0.273 e. The number of aryl methyl sites for hydroxylation is 1. The van der Waals surface area contributed by atoms with E-state index >= 15 is 0 Å². The highest BCUT2D eigenvalue weighted by atomic mass is 16.2. The third-order valence-electron chi connectivity index (χ3n) is 4.85. The Kier molecular flexibility index (Phi) is 6.01. The Labute approximate surface area is 165 Å². The number of hydrazone groups is 1. The maximum Gasteiger partial charge on any atom is 0.273 e. The van der Waals surface area contributed by atoms with Crippen LogP contribution < -0.4 is 5.43 Å². The van der Waals surface area contributed by atoms with Gasteiger partial charge in [-0.3, -0.25) is 14.8 Å². The zero-order chi connectivity index (χ0) is 20.3. The molecule has 0 radical (unpaired) electrons. The van der Waals surface area contributed by atoms with Crippen molar-refractivity contribution in [3.8, 4) is 0 Å². The fourth-order valence-electron chi connectivity index (χ4n) is 3.15.